The molecule has 0 spiro atoms. The number of hydrogen-bond acceptors (Lipinski definition) is 3. The van der Waals surface area contributed by atoms with Gasteiger partial charge >= 0.3 is 0 Å². The average Bonchev–Trinajstić information content (AvgIpc) is 3.02. The fraction of sp³-hybridized carbons (Fsp3) is 0. The number of carbonyl (C=O) groups is 2. The van der Waals surface area contributed by atoms with Crippen molar-refractivity contribution < 1.29 is 14.4 Å². The van der Waals surface area contributed by atoms with Gasteiger partial charge in [-0.15, -0.1) is 0 Å². The van der Waals surface area contributed by atoms with Crippen LogP contribution in [-0.4, -0.2) is 17.9 Å². The molecule has 0 amide bonds. The Balaban J connectivity index is 1.56. The first kappa shape index (κ1) is 23.7. The zero-order valence-electron chi connectivity index (χ0n) is 21.3. The minimum Gasteiger partial charge on any atom is -0.289 e. The second-order valence-corrected chi connectivity index (χ2v) is 9.91. The molecule has 0 fully saturated rings. The van der Waals surface area contributed by atoms with Crippen molar-refractivity contribution in [2.45, 2.75) is 0 Å². The van der Waals surface area contributed by atoms with Gasteiger partial charge in [0.15, 0.2) is 11.6 Å². The Kier molecular flexibility index (Phi) is 5.57. The summed E-state index contributed by atoms with van der Waals surface area (Å²) in [7, 11) is 0. The van der Waals surface area contributed by atoms with E-state index in [1.54, 1.807) is 18.2 Å². The monoisotopic (exact) mass is 513 g/mol. The summed E-state index contributed by atoms with van der Waals surface area (Å²) < 4.78 is 0. The maximum absolute atomic E-state index is 14.4. The summed E-state index contributed by atoms with van der Waals surface area (Å²) in [5, 5.41) is 6.37. The molecule has 0 bridgehead atoms. The lowest BCUT2D eigenvalue weighted by molar-refractivity contribution is 0.101. The molecule has 0 aromatic heterocycles. The van der Waals surface area contributed by atoms with Crippen LogP contribution in [0.3, 0.4) is 0 Å². The van der Waals surface area contributed by atoms with Gasteiger partial charge in [0.05, 0.1) is 0 Å². The summed E-state index contributed by atoms with van der Waals surface area (Å²) in [6, 6.07) is 39.6. The minimum atomic E-state index is -0.313. The maximum atomic E-state index is 14.4. The van der Waals surface area contributed by atoms with Crippen molar-refractivity contribution in [3.8, 4) is 0 Å². The van der Waals surface area contributed by atoms with E-state index < -0.39 is 0 Å². The van der Waals surface area contributed by atoms with Crippen molar-refractivity contribution >= 4 is 60.9 Å². The molecule has 3 nitrogen and oxygen atoms in total. The van der Waals surface area contributed by atoms with Gasteiger partial charge in [-0.05, 0) is 55.9 Å². The topological polar surface area (TPSA) is 51.2 Å². The number of hydrogen-bond donors (Lipinski definition) is 0. The Labute approximate surface area is 230 Å². The summed E-state index contributed by atoms with van der Waals surface area (Å²) in [5.74, 6) is -0.584. The van der Waals surface area contributed by atoms with Gasteiger partial charge in [-0.1, -0.05) is 109 Å². The molecular weight excluding hydrogens is 492 g/mol. The van der Waals surface area contributed by atoms with E-state index in [1.807, 2.05) is 109 Å². The maximum Gasteiger partial charge on any atom is 0.234 e. The first-order valence-corrected chi connectivity index (χ1v) is 13.1. The van der Waals surface area contributed by atoms with Gasteiger partial charge in [-0.2, -0.15) is 0 Å². The molecule has 0 atom stereocenters. The molecule has 0 saturated heterocycles. The normalized spacial score (nSPS) is 11.3. The van der Waals surface area contributed by atoms with E-state index in [2.05, 4.69) is 6.29 Å². The fourth-order valence-electron chi connectivity index (χ4n) is 5.74. The fourth-order valence-corrected chi connectivity index (χ4v) is 5.74. The van der Waals surface area contributed by atoms with Gasteiger partial charge in [0, 0.05) is 33.2 Å². The van der Waals surface area contributed by atoms with E-state index >= 15 is 0 Å². The van der Waals surface area contributed by atoms with Crippen LogP contribution in [0.4, 0.5) is 0 Å². The van der Waals surface area contributed by atoms with Crippen molar-refractivity contribution in [2.75, 3.05) is 0 Å². The van der Waals surface area contributed by atoms with Crippen LogP contribution in [-0.2, 0) is 4.79 Å². The lowest BCUT2D eigenvalue weighted by Gasteiger charge is -2.16. The molecule has 0 heterocycles. The first-order valence-electron chi connectivity index (χ1n) is 13.1. The summed E-state index contributed by atoms with van der Waals surface area (Å²) in [4.78, 5) is 41.3. The van der Waals surface area contributed by atoms with Gasteiger partial charge < -0.3 is 0 Å². The molecule has 7 rings (SSSR count). The lowest BCUT2D eigenvalue weighted by atomic mass is 9.85. The summed E-state index contributed by atoms with van der Waals surface area (Å²) in [6.45, 7) is 0. The third-order valence-corrected chi connectivity index (χ3v) is 7.65. The molecule has 7 aromatic rings. The van der Waals surface area contributed by atoms with E-state index in [-0.39, 0.29) is 28.3 Å². The number of fused-ring (bicyclic) bond motifs is 4. The average molecular weight is 514 g/mol. The summed E-state index contributed by atoms with van der Waals surface area (Å²) >= 11 is 0. The third kappa shape index (κ3) is 3.71. The van der Waals surface area contributed by atoms with E-state index in [0.717, 1.165) is 26.9 Å². The Bertz CT molecular complexity index is 2170. The lowest BCUT2D eigenvalue weighted by Crippen LogP contribution is -2.13. The second kappa shape index (κ2) is 9.40. The predicted octanol–water partition coefficient (Wildman–Crippen LogP) is 8.22. The summed E-state index contributed by atoms with van der Waals surface area (Å²) in [5.41, 5.74) is 1.71. The van der Waals surface area contributed by atoms with Gasteiger partial charge in [0.2, 0.25) is 6.29 Å². The molecule has 187 valence electrons. The van der Waals surface area contributed by atoms with Crippen LogP contribution >= 0.6 is 0 Å². The Hall–Kier alpha value is -5.41. The van der Waals surface area contributed by atoms with E-state index in [4.69, 9.17) is 0 Å². The SMILES string of the molecule is O=[C]c1c2ccccc2cc2ccc(C(=O)c3cccc4ccccc34)c(C(=O)c3ccc4ccccc4c3)c12. The highest BCUT2D eigenvalue weighted by molar-refractivity contribution is 6.30. The molecule has 0 aliphatic carbocycles. The number of ketones is 2. The third-order valence-electron chi connectivity index (χ3n) is 7.65. The minimum absolute atomic E-state index is 0.217. The number of carbonyl (C=O) groups excluding carboxylic acids is 3. The molecule has 0 saturated carbocycles. The molecule has 40 heavy (non-hydrogen) atoms. The van der Waals surface area contributed by atoms with Crippen LogP contribution in [0, 0.1) is 0 Å². The zero-order valence-corrected chi connectivity index (χ0v) is 21.3. The standard InChI is InChI=1S/C37H21O3/c38-22-33-30-14-6-4-11-26(30)21-27-18-19-32(37(40)31-15-7-12-24-9-3-5-13-29(24)31)35(34(27)33)36(39)28-17-16-23-8-1-2-10-25(23)20-28/h1-21H. The first-order chi connectivity index (χ1) is 19.6. The van der Waals surface area contributed by atoms with Crippen molar-refractivity contribution in [3.63, 3.8) is 0 Å². The predicted molar refractivity (Wildman–Crippen MR) is 161 cm³/mol. The molecule has 0 N–H and O–H groups in total. The molecule has 7 aromatic carbocycles. The van der Waals surface area contributed by atoms with Crippen LogP contribution in [0.5, 0.6) is 0 Å². The number of benzene rings is 7. The molecule has 0 aliphatic heterocycles. The molecule has 0 unspecified atom stereocenters. The van der Waals surface area contributed by atoms with Gasteiger partial charge in [-0.3, -0.25) is 14.4 Å². The highest BCUT2D eigenvalue weighted by Crippen LogP contribution is 2.35. The van der Waals surface area contributed by atoms with Crippen LogP contribution in [0.1, 0.15) is 37.4 Å². The molecule has 1 radical (unpaired) electrons. The van der Waals surface area contributed by atoms with Crippen LogP contribution in [0.25, 0.3) is 43.1 Å². The van der Waals surface area contributed by atoms with Crippen molar-refractivity contribution in [1.29, 1.82) is 0 Å². The largest absolute Gasteiger partial charge is 0.289 e. The van der Waals surface area contributed by atoms with Gasteiger partial charge in [0.1, 0.15) is 0 Å². The smallest absolute Gasteiger partial charge is 0.234 e. The van der Waals surface area contributed by atoms with Crippen molar-refractivity contribution in [3.05, 3.63) is 155 Å². The second-order valence-electron chi connectivity index (χ2n) is 9.91. The Morgan fingerprint density at radius 3 is 1.93 bits per heavy atom. The number of rotatable bonds is 5. The molecule has 0 aliphatic rings. The quantitative estimate of drug-likeness (QED) is 0.172. The highest BCUT2D eigenvalue weighted by Gasteiger charge is 2.26. The molecular formula is C37H21O3. The van der Waals surface area contributed by atoms with Gasteiger partial charge in [-0.25, -0.2) is 0 Å². The van der Waals surface area contributed by atoms with Crippen LogP contribution in [0.2, 0.25) is 0 Å². The van der Waals surface area contributed by atoms with Crippen LogP contribution in [0.15, 0.2) is 127 Å². The zero-order chi connectivity index (χ0) is 27.2. The van der Waals surface area contributed by atoms with E-state index in [1.165, 1.54) is 0 Å². The highest BCUT2D eigenvalue weighted by atomic mass is 16.1. The summed E-state index contributed by atoms with van der Waals surface area (Å²) in [6.07, 6.45) is 2.11. The van der Waals surface area contributed by atoms with Gasteiger partial charge in [0.25, 0.3) is 0 Å². The van der Waals surface area contributed by atoms with Crippen molar-refractivity contribution in [1.82, 2.24) is 0 Å². The van der Waals surface area contributed by atoms with E-state index in [0.29, 0.717) is 27.3 Å². The Morgan fingerprint density at radius 1 is 0.475 bits per heavy atom. The van der Waals surface area contributed by atoms with E-state index in [9.17, 15) is 14.4 Å². The Morgan fingerprint density at radius 2 is 1.12 bits per heavy atom. The molecule has 3 heteroatoms. The van der Waals surface area contributed by atoms with Crippen molar-refractivity contribution in [2.24, 2.45) is 0 Å². The van der Waals surface area contributed by atoms with Crippen LogP contribution < -0.4 is 0 Å².